The minimum Gasteiger partial charge on any atom is -0.358 e. The van der Waals surface area contributed by atoms with Gasteiger partial charge in [-0.25, -0.2) is 4.39 Å². The van der Waals surface area contributed by atoms with Gasteiger partial charge in [0.15, 0.2) is 0 Å². The van der Waals surface area contributed by atoms with E-state index in [0.29, 0.717) is 59.0 Å². The summed E-state index contributed by atoms with van der Waals surface area (Å²) in [6.07, 6.45) is 1.63. The molecule has 0 bridgehead atoms. The number of hydrogen-bond acceptors (Lipinski definition) is 4. The molecule has 1 aromatic carbocycles. The number of carbonyl (C=O) groups excluding carboxylic acids is 2. The van der Waals surface area contributed by atoms with Gasteiger partial charge in [0.05, 0.1) is 11.1 Å². The number of H-pyrrole nitrogens is 1. The van der Waals surface area contributed by atoms with E-state index in [9.17, 15) is 19.2 Å². The molecule has 0 spiro atoms. The first kappa shape index (κ1) is 19.8. The summed E-state index contributed by atoms with van der Waals surface area (Å²) in [5.74, 6) is -1.01. The average Bonchev–Trinajstić information content (AvgIpc) is 3.11. The van der Waals surface area contributed by atoms with Gasteiger partial charge in [-0.1, -0.05) is 6.92 Å². The lowest BCUT2D eigenvalue weighted by molar-refractivity contribution is -0.110. The summed E-state index contributed by atoms with van der Waals surface area (Å²) in [7, 11) is 0. The zero-order valence-electron chi connectivity index (χ0n) is 16.0. The van der Waals surface area contributed by atoms with Crippen LogP contribution in [-0.2, 0) is 4.79 Å². The number of benzene rings is 1. The standard InChI is InChI=1S/C20H23FN4O3/c1-4-25(28)8-7-22-20(27)18-11(2)17(23-12(18)3)10-15-14-9-13(21)5-6-16(14)24-19(15)26/h5-6,9-10,23,28H,4,7-8H2,1-3H3,(H,22,27)(H,24,26)/b15-10-. The number of hydroxylamine groups is 2. The van der Waals surface area contributed by atoms with Crippen molar-refractivity contribution in [1.82, 2.24) is 15.4 Å². The van der Waals surface area contributed by atoms with Crippen LogP contribution >= 0.6 is 0 Å². The van der Waals surface area contributed by atoms with E-state index >= 15 is 0 Å². The van der Waals surface area contributed by atoms with Gasteiger partial charge in [0.1, 0.15) is 5.82 Å². The maximum atomic E-state index is 13.6. The van der Waals surface area contributed by atoms with Crippen molar-refractivity contribution in [1.29, 1.82) is 0 Å². The molecule has 0 saturated carbocycles. The van der Waals surface area contributed by atoms with E-state index in [1.165, 1.54) is 18.2 Å². The van der Waals surface area contributed by atoms with E-state index < -0.39 is 5.82 Å². The minimum absolute atomic E-state index is 0.261. The number of hydrogen-bond donors (Lipinski definition) is 4. The Kier molecular flexibility index (Phi) is 5.62. The van der Waals surface area contributed by atoms with Crippen molar-refractivity contribution in [3.63, 3.8) is 0 Å². The van der Waals surface area contributed by atoms with E-state index in [4.69, 9.17) is 0 Å². The number of amides is 2. The van der Waals surface area contributed by atoms with Gasteiger partial charge >= 0.3 is 0 Å². The van der Waals surface area contributed by atoms with Crippen LogP contribution in [0.1, 0.15) is 39.8 Å². The molecule has 1 aromatic heterocycles. The number of aromatic amines is 1. The average molecular weight is 386 g/mol. The lowest BCUT2D eigenvalue weighted by atomic mass is 10.0. The molecule has 8 heteroatoms. The number of nitrogens with one attached hydrogen (secondary N) is 3. The molecule has 1 aliphatic rings. The largest absolute Gasteiger partial charge is 0.358 e. The molecule has 0 unspecified atom stereocenters. The first-order valence-corrected chi connectivity index (χ1v) is 9.06. The Balaban J connectivity index is 1.87. The predicted octanol–water partition coefficient (Wildman–Crippen LogP) is 2.70. The molecule has 1 aliphatic heterocycles. The molecule has 2 heterocycles. The third-order valence-corrected chi connectivity index (χ3v) is 4.78. The molecule has 2 aromatic rings. The van der Waals surface area contributed by atoms with Crippen LogP contribution < -0.4 is 10.6 Å². The Hall–Kier alpha value is -2.97. The quantitative estimate of drug-likeness (QED) is 0.453. The van der Waals surface area contributed by atoms with E-state index in [1.807, 2.05) is 6.92 Å². The predicted molar refractivity (Wildman–Crippen MR) is 105 cm³/mol. The first-order valence-electron chi connectivity index (χ1n) is 9.06. The first-order chi connectivity index (χ1) is 13.3. The second-order valence-electron chi connectivity index (χ2n) is 6.67. The van der Waals surface area contributed by atoms with Crippen molar-refractivity contribution < 1.29 is 19.2 Å². The lowest BCUT2D eigenvalue weighted by Crippen LogP contribution is -2.33. The summed E-state index contributed by atoms with van der Waals surface area (Å²) in [5.41, 5.74) is 3.84. The van der Waals surface area contributed by atoms with Crippen molar-refractivity contribution in [2.24, 2.45) is 0 Å². The third-order valence-electron chi connectivity index (χ3n) is 4.78. The summed E-state index contributed by atoms with van der Waals surface area (Å²) in [6, 6.07) is 4.13. The van der Waals surface area contributed by atoms with Crippen LogP contribution in [0.3, 0.4) is 0 Å². The number of fused-ring (bicyclic) bond motifs is 1. The zero-order chi connectivity index (χ0) is 20.4. The van der Waals surface area contributed by atoms with E-state index in [2.05, 4.69) is 15.6 Å². The maximum Gasteiger partial charge on any atom is 0.256 e. The highest BCUT2D eigenvalue weighted by atomic mass is 19.1. The molecule has 0 fully saturated rings. The normalized spacial score (nSPS) is 14.5. The smallest absolute Gasteiger partial charge is 0.256 e. The van der Waals surface area contributed by atoms with Crippen LogP contribution in [0.4, 0.5) is 10.1 Å². The number of nitrogens with zero attached hydrogens (tertiary/aromatic N) is 1. The number of likely N-dealkylation sites (N-methyl/N-ethyl adjacent to an activating group) is 1. The van der Waals surface area contributed by atoms with Crippen molar-refractivity contribution in [3.8, 4) is 0 Å². The zero-order valence-corrected chi connectivity index (χ0v) is 16.0. The van der Waals surface area contributed by atoms with Crippen molar-refractivity contribution in [3.05, 3.63) is 52.1 Å². The van der Waals surface area contributed by atoms with Crippen LogP contribution in [0, 0.1) is 19.7 Å². The van der Waals surface area contributed by atoms with Gasteiger partial charge < -0.3 is 20.8 Å². The molecular weight excluding hydrogens is 363 g/mol. The fourth-order valence-corrected chi connectivity index (χ4v) is 3.25. The van der Waals surface area contributed by atoms with Crippen molar-refractivity contribution in [2.45, 2.75) is 20.8 Å². The Labute approximate surface area is 162 Å². The molecule has 4 N–H and O–H groups in total. The fourth-order valence-electron chi connectivity index (χ4n) is 3.25. The monoisotopic (exact) mass is 386 g/mol. The van der Waals surface area contributed by atoms with Crippen LogP contribution in [0.5, 0.6) is 0 Å². The maximum absolute atomic E-state index is 13.6. The Morgan fingerprint density at radius 2 is 2.11 bits per heavy atom. The number of halogens is 1. The fraction of sp³-hybridized carbons (Fsp3) is 0.300. The van der Waals surface area contributed by atoms with Crippen molar-refractivity contribution in [2.75, 3.05) is 25.0 Å². The summed E-state index contributed by atoms with van der Waals surface area (Å²) in [6.45, 7) is 6.47. The summed E-state index contributed by atoms with van der Waals surface area (Å²) in [4.78, 5) is 28.0. The van der Waals surface area contributed by atoms with Crippen molar-refractivity contribution >= 4 is 29.2 Å². The highest BCUT2D eigenvalue weighted by Gasteiger charge is 2.26. The number of aryl methyl sites for hydroxylation is 1. The number of rotatable bonds is 6. The molecule has 0 atom stereocenters. The molecule has 28 heavy (non-hydrogen) atoms. The van der Waals surface area contributed by atoms with Crippen LogP contribution in [0.15, 0.2) is 18.2 Å². The molecule has 0 aliphatic carbocycles. The number of carbonyl (C=O) groups is 2. The van der Waals surface area contributed by atoms with Crippen LogP contribution in [0.25, 0.3) is 11.6 Å². The molecule has 3 rings (SSSR count). The second kappa shape index (κ2) is 7.95. The van der Waals surface area contributed by atoms with Gasteiger partial charge in [-0.3, -0.25) is 9.59 Å². The van der Waals surface area contributed by atoms with Gasteiger partial charge in [0, 0.05) is 42.3 Å². The molecular formula is C20H23FN4O3. The third kappa shape index (κ3) is 3.83. The molecule has 0 radical (unpaired) electrons. The lowest BCUT2D eigenvalue weighted by Gasteiger charge is -2.12. The molecule has 0 saturated heterocycles. The number of anilines is 1. The molecule has 148 valence electrons. The number of aromatic nitrogens is 1. The summed E-state index contributed by atoms with van der Waals surface area (Å²) < 4.78 is 13.6. The van der Waals surface area contributed by atoms with Crippen LogP contribution in [0.2, 0.25) is 0 Å². The minimum atomic E-state index is -0.425. The Bertz CT molecular complexity index is 965. The molecule has 7 nitrogen and oxygen atoms in total. The van der Waals surface area contributed by atoms with Crippen LogP contribution in [-0.4, -0.2) is 46.7 Å². The van der Waals surface area contributed by atoms with Gasteiger partial charge in [-0.05, 0) is 43.7 Å². The Morgan fingerprint density at radius 3 is 2.82 bits per heavy atom. The molecule has 2 amide bonds. The van der Waals surface area contributed by atoms with E-state index in [1.54, 1.807) is 19.9 Å². The SMILES string of the molecule is CCN(O)CCNC(=O)c1c(C)[nH]c(/C=C2\C(=O)Nc3ccc(F)cc32)c1C. The summed E-state index contributed by atoms with van der Waals surface area (Å²) in [5, 5.41) is 16.0. The highest BCUT2D eigenvalue weighted by Crippen LogP contribution is 2.34. The Morgan fingerprint density at radius 1 is 1.36 bits per heavy atom. The van der Waals surface area contributed by atoms with E-state index in [0.717, 1.165) is 5.06 Å². The van der Waals surface area contributed by atoms with Gasteiger partial charge in [0.2, 0.25) is 0 Å². The summed E-state index contributed by atoms with van der Waals surface area (Å²) >= 11 is 0. The second-order valence-corrected chi connectivity index (χ2v) is 6.67. The van der Waals surface area contributed by atoms with Gasteiger partial charge in [0.25, 0.3) is 11.8 Å². The van der Waals surface area contributed by atoms with Gasteiger partial charge in [-0.2, -0.15) is 5.06 Å². The topological polar surface area (TPSA) is 97.5 Å². The van der Waals surface area contributed by atoms with Gasteiger partial charge in [-0.15, -0.1) is 0 Å². The highest BCUT2D eigenvalue weighted by molar-refractivity contribution is 6.34. The van der Waals surface area contributed by atoms with E-state index in [-0.39, 0.29) is 11.8 Å².